The van der Waals surface area contributed by atoms with Crippen LogP contribution < -0.4 is 5.32 Å². The lowest BCUT2D eigenvalue weighted by molar-refractivity contribution is -0.125. The molecule has 2 heterocycles. The van der Waals surface area contributed by atoms with E-state index in [1.165, 1.54) is 18.5 Å². The van der Waals surface area contributed by atoms with Gasteiger partial charge in [-0.2, -0.15) is 0 Å². The first-order valence-corrected chi connectivity index (χ1v) is 8.89. The maximum absolute atomic E-state index is 14.0. The van der Waals surface area contributed by atoms with E-state index in [1.807, 2.05) is 30.3 Å². The standard InChI is InChI=1S/C19H15ClFN5O2/c20-13-7-4-8-14(21)17(13)15-9-16(28-25-15)18(27)23-19-22-11-26(24-19)10-12-5-2-1-3-6-12/h1-8,11,16H,9-10H2,(H,23,24,27). The first-order chi connectivity index (χ1) is 13.6. The summed E-state index contributed by atoms with van der Waals surface area (Å²) in [6.45, 7) is 0.530. The van der Waals surface area contributed by atoms with Gasteiger partial charge < -0.3 is 4.84 Å². The smallest absolute Gasteiger partial charge is 0.271 e. The predicted molar refractivity (Wildman–Crippen MR) is 102 cm³/mol. The molecule has 0 aliphatic carbocycles. The molecule has 28 heavy (non-hydrogen) atoms. The Morgan fingerprint density at radius 2 is 2.07 bits per heavy atom. The van der Waals surface area contributed by atoms with Crippen molar-refractivity contribution in [3.05, 3.63) is 76.8 Å². The van der Waals surface area contributed by atoms with Crippen molar-refractivity contribution in [2.24, 2.45) is 5.16 Å². The van der Waals surface area contributed by atoms with Crippen molar-refractivity contribution in [1.29, 1.82) is 0 Å². The summed E-state index contributed by atoms with van der Waals surface area (Å²) >= 11 is 6.04. The molecular weight excluding hydrogens is 385 g/mol. The molecule has 3 aromatic rings. The summed E-state index contributed by atoms with van der Waals surface area (Å²) in [5.74, 6) is -0.831. The fourth-order valence-corrected chi connectivity index (χ4v) is 3.10. The molecule has 1 aliphatic heterocycles. The van der Waals surface area contributed by atoms with E-state index < -0.39 is 17.8 Å². The minimum Gasteiger partial charge on any atom is -0.382 e. The molecule has 1 atom stereocenters. The van der Waals surface area contributed by atoms with Crippen LogP contribution in [0.15, 0.2) is 60.0 Å². The van der Waals surface area contributed by atoms with E-state index in [0.29, 0.717) is 6.54 Å². The molecule has 1 aromatic heterocycles. The van der Waals surface area contributed by atoms with Gasteiger partial charge in [-0.25, -0.2) is 14.1 Å². The largest absolute Gasteiger partial charge is 0.382 e. The van der Waals surface area contributed by atoms with Gasteiger partial charge in [-0.3, -0.25) is 10.1 Å². The van der Waals surface area contributed by atoms with Crippen molar-refractivity contribution < 1.29 is 14.0 Å². The third-order valence-electron chi connectivity index (χ3n) is 4.17. The fourth-order valence-electron chi connectivity index (χ4n) is 2.83. The molecule has 2 aromatic carbocycles. The van der Waals surface area contributed by atoms with E-state index in [-0.39, 0.29) is 28.7 Å². The molecule has 142 valence electrons. The molecule has 0 spiro atoms. The van der Waals surface area contributed by atoms with Gasteiger partial charge in [0.25, 0.3) is 5.91 Å². The van der Waals surface area contributed by atoms with Crippen molar-refractivity contribution in [1.82, 2.24) is 14.8 Å². The van der Waals surface area contributed by atoms with Crippen molar-refractivity contribution in [2.45, 2.75) is 19.1 Å². The van der Waals surface area contributed by atoms with Gasteiger partial charge in [0.15, 0.2) is 0 Å². The first kappa shape index (κ1) is 18.1. The number of nitrogens with one attached hydrogen (secondary N) is 1. The van der Waals surface area contributed by atoms with Crippen LogP contribution in [-0.2, 0) is 16.2 Å². The van der Waals surface area contributed by atoms with Crippen LogP contribution in [0.2, 0.25) is 5.02 Å². The Bertz CT molecular complexity index is 1020. The fraction of sp³-hybridized carbons (Fsp3) is 0.158. The van der Waals surface area contributed by atoms with Crippen LogP contribution in [0.5, 0.6) is 0 Å². The molecule has 0 radical (unpaired) electrons. The second kappa shape index (κ2) is 7.77. The summed E-state index contributed by atoms with van der Waals surface area (Å²) in [5.41, 5.74) is 1.49. The average Bonchev–Trinajstić information content (AvgIpc) is 3.32. The van der Waals surface area contributed by atoms with E-state index in [1.54, 1.807) is 10.7 Å². The molecule has 0 saturated heterocycles. The Labute approximate surface area is 164 Å². The van der Waals surface area contributed by atoms with Gasteiger partial charge in [-0.15, -0.1) is 5.10 Å². The van der Waals surface area contributed by atoms with Crippen LogP contribution in [0.3, 0.4) is 0 Å². The average molecular weight is 400 g/mol. The van der Waals surface area contributed by atoms with Crippen LogP contribution in [0.4, 0.5) is 10.3 Å². The Morgan fingerprint density at radius 1 is 1.25 bits per heavy atom. The molecule has 7 nitrogen and oxygen atoms in total. The normalized spacial score (nSPS) is 15.8. The van der Waals surface area contributed by atoms with Gasteiger partial charge in [0, 0.05) is 6.42 Å². The number of hydrogen-bond acceptors (Lipinski definition) is 5. The van der Waals surface area contributed by atoms with E-state index in [0.717, 1.165) is 5.56 Å². The van der Waals surface area contributed by atoms with Gasteiger partial charge in [-0.1, -0.05) is 53.2 Å². The van der Waals surface area contributed by atoms with Gasteiger partial charge >= 0.3 is 0 Å². The van der Waals surface area contributed by atoms with E-state index >= 15 is 0 Å². The number of benzene rings is 2. The van der Waals surface area contributed by atoms with E-state index in [4.69, 9.17) is 16.4 Å². The number of amides is 1. The van der Waals surface area contributed by atoms with Gasteiger partial charge in [-0.05, 0) is 17.7 Å². The number of anilines is 1. The van der Waals surface area contributed by atoms with Crippen LogP contribution in [-0.4, -0.2) is 32.5 Å². The van der Waals surface area contributed by atoms with E-state index in [2.05, 4.69) is 20.6 Å². The van der Waals surface area contributed by atoms with Crippen molar-refractivity contribution in [3.8, 4) is 0 Å². The topological polar surface area (TPSA) is 81.4 Å². The molecule has 0 saturated carbocycles. The van der Waals surface area contributed by atoms with Crippen molar-refractivity contribution >= 4 is 29.2 Å². The quantitative estimate of drug-likeness (QED) is 0.714. The lowest BCUT2D eigenvalue weighted by Crippen LogP contribution is -2.28. The number of nitrogens with zero attached hydrogens (tertiary/aromatic N) is 4. The molecule has 0 fully saturated rings. The Kier molecular flexibility index (Phi) is 5.03. The highest BCUT2D eigenvalue weighted by molar-refractivity contribution is 6.34. The molecule has 1 N–H and O–H groups in total. The Morgan fingerprint density at radius 3 is 2.86 bits per heavy atom. The molecule has 1 amide bonds. The second-order valence-electron chi connectivity index (χ2n) is 6.17. The van der Waals surface area contributed by atoms with Gasteiger partial charge in [0.1, 0.15) is 12.1 Å². The number of aromatic nitrogens is 3. The van der Waals surface area contributed by atoms with Crippen LogP contribution >= 0.6 is 11.6 Å². The third kappa shape index (κ3) is 3.86. The zero-order valence-corrected chi connectivity index (χ0v) is 15.3. The summed E-state index contributed by atoms with van der Waals surface area (Å²) in [6.07, 6.45) is 0.711. The monoisotopic (exact) mass is 399 g/mol. The highest BCUT2D eigenvalue weighted by Crippen LogP contribution is 2.25. The summed E-state index contributed by atoms with van der Waals surface area (Å²) in [5, 5.41) is 10.8. The lowest BCUT2D eigenvalue weighted by atomic mass is 10.0. The third-order valence-corrected chi connectivity index (χ3v) is 4.49. The molecular formula is C19H15ClFN5O2. The van der Waals surface area contributed by atoms with Crippen molar-refractivity contribution in [3.63, 3.8) is 0 Å². The number of carbonyl (C=O) groups is 1. The number of hydrogen-bond donors (Lipinski definition) is 1. The number of carbonyl (C=O) groups excluding carboxylic acids is 1. The highest BCUT2D eigenvalue weighted by atomic mass is 35.5. The number of oxime groups is 1. The zero-order valence-electron chi connectivity index (χ0n) is 14.5. The van der Waals surface area contributed by atoms with Crippen LogP contribution in [0.1, 0.15) is 17.5 Å². The summed E-state index contributed by atoms with van der Waals surface area (Å²) < 4.78 is 15.6. The van der Waals surface area contributed by atoms with E-state index in [9.17, 15) is 9.18 Å². The van der Waals surface area contributed by atoms with Crippen LogP contribution in [0.25, 0.3) is 0 Å². The van der Waals surface area contributed by atoms with Crippen LogP contribution in [0, 0.1) is 5.82 Å². The number of halogens is 2. The van der Waals surface area contributed by atoms with Crippen molar-refractivity contribution in [2.75, 3.05) is 5.32 Å². The lowest BCUT2D eigenvalue weighted by Gasteiger charge is -2.07. The maximum atomic E-state index is 14.0. The minimum absolute atomic E-state index is 0.0945. The first-order valence-electron chi connectivity index (χ1n) is 8.51. The molecule has 1 unspecified atom stereocenters. The van der Waals surface area contributed by atoms with Gasteiger partial charge in [0.2, 0.25) is 12.1 Å². The summed E-state index contributed by atoms with van der Waals surface area (Å²) in [6, 6.07) is 14.1. The predicted octanol–water partition coefficient (Wildman–Crippen LogP) is 3.25. The summed E-state index contributed by atoms with van der Waals surface area (Å²) in [4.78, 5) is 21.6. The summed E-state index contributed by atoms with van der Waals surface area (Å²) in [7, 11) is 0. The number of rotatable bonds is 5. The van der Waals surface area contributed by atoms with Gasteiger partial charge in [0.05, 0.1) is 22.8 Å². The Balaban J connectivity index is 1.38. The zero-order chi connectivity index (χ0) is 19.5. The molecule has 9 heteroatoms. The Hall–Kier alpha value is -3.26. The second-order valence-corrected chi connectivity index (χ2v) is 6.58. The molecule has 4 rings (SSSR count). The molecule has 1 aliphatic rings. The maximum Gasteiger partial charge on any atom is 0.271 e. The SMILES string of the molecule is O=C(Nc1ncn(Cc2ccccc2)n1)C1CC(c2c(F)cccc2Cl)=NO1. The minimum atomic E-state index is -0.910. The molecule has 0 bridgehead atoms. The highest BCUT2D eigenvalue weighted by Gasteiger charge is 2.31.